The standard InChI is InChI=1S/C19H18ClN3O2S/c20-15-8-3-1-6-13(15)12-21-17(24)10-5-11-23-18(25)14-7-2-4-9-16(14)22-19(23)26/h1-4,6-9H,5,10-12H2,(H,21,24)(H,22,26). The molecule has 2 aromatic carbocycles. The number of H-pyrrole nitrogens is 1. The molecular weight excluding hydrogens is 370 g/mol. The smallest absolute Gasteiger partial charge is 0.262 e. The summed E-state index contributed by atoms with van der Waals surface area (Å²) >= 11 is 11.3. The lowest BCUT2D eigenvalue weighted by molar-refractivity contribution is -0.121. The Balaban J connectivity index is 1.59. The van der Waals surface area contributed by atoms with Gasteiger partial charge in [0.05, 0.1) is 10.9 Å². The SMILES string of the molecule is O=C(CCCn1c(=S)[nH]c2ccccc2c1=O)NCc1ccccc1Cl. The van der Waals surface area contributed by atoms with Gasteiger partial charge >= 0.3 is 0 Å². The second kappa shape index (κ2) is 8.29. The Labute approximate surface area is 160 Å². The molecule has 2 N–H and O–H groups in total. The molecule has 0 radical (unpaired) electrons. The summed E-state index contributed by atoms with van der Waals surface area (Å²) in [5.74, 6) is -0.0892. The molecule has 134 valence electrons. The highest BCUT2D eigenvalue weighted by Crippen LogP contribution is 2.14. The Morgan fingerprint density at radius 2 is 1.88 bits per heavy atom. The van der Waals surface area contributed by atoms with Crippen molar-refractivity contribution >= 4 is 40.6 Å². The zero-order valence-electron chi connectivity index (χ0n) is 14.0. The third kappa shape index (κ3) is 4.20. The molecule has 1 aromatic heterocycles. The summed E-state index contributed by atoms with van der Waals surface area (Å²) in [6.07, 6.45) is 0.822. The number of nitrogens with zero attached hydrogens (tertiary/aromatic N) is 1. The maximum Gasteiger partial charge on any atom is 0.262 e. The quantitative estimate of drug-likeness (QED) is 0.632. The van der Waals surface area contributed by atoms with Gasteiger partial charge in [-0.3, -0.25) is 14.2 Å². The van der Waals surface area contributed by atoms with Crippen molar-refractivity contribution in [3.8, 4) is 0 Å². The summed E-state index contributed by atoms with van der Waals surface area (Å²) in [5.41, 5.74) is 1.45. The number of benzene rings is 2. The number of hydrogen-bond acceptors (Lipinski definition) is 3. The van der Waals surface area contributed by atoms with Crippen LogP contribution in [0.25, 0.3) is 10.9 Å². The second-order valence-electron chi connectivity index (χ2n) is 5.90. The molecule has 1 amide bonds. The van der Waals surface area contributed by atoms with E-state index >= 15 is 0 Å². The van der Waals surface area contributed by atoms with Crippen molar-refractivity contribution in [2.45, 2.75) is 25.9 Å². The monoisotopic (exact) mass is 387 g/mol. The summed E-state index contributed by atoms with van der Waals surface area (Å²) < 4.78 is 1.86. The number of hydrogen-bond donors (Lipinski definition) is 2. The van der Waals surface area contributed by atoms with Crippen LogP contribution in [0.4, 0.5) is 0 Å². The molecule has 0 saturated heterocycles. The topological polar surface area (TPSA) is 66.9 Å². The Bertz CT molecular complexity index is 1060. The lowest BCUT2D eigenvalue weighted by Gasteiger charge is -2.09. The fourth-order valence-corrected chi connectivity index (χ4v) is 3.21. The first-order chi connectivity index (χ1) is 12.6. The highest BCUT2D eigenvalue weighted by molar-refractivity contribution is 7.71. The van der Waals surface area contributed by atoms with E-state index in [0.29, 0.717) is 41.1 Å². The van der Waals surface area contributed by atoms with Gasteiger partial charge in [-0.1, -0.05) is 41.9 Å². The highest BCUT2D eigenvalue weighted by Gasteiger charge is 2.07. The molecule has 0 fully saturated rings. The summed E-state index contributed by atoms with van der Waals surface area (Å²) in [6, 6.07) is 14.6. The predicted octanol–water partition coefficient (Wildman–Crippen LogP) is 3.81. The molecule has 0 spiro atoms. The Hall–Kier alpha value is -2.44. The number of aromatic amines is 1. The molecule has 7 heteroatoms. The van der Waals surface area contributed by atoms with Crippen LogP contribution in [0.2, 0.25) is 5.02 Å². The number of fused-ring (bicyclic) bond motifs is 1. The molecular formula is C19H18ClN3O2S. The van der Waals surface area contributed by atoms with Crippen molar-refractivity contribution < 1.29 is 4.79 Å². The highest BCUT2D eigenvalue weighted by atomic mass is 35.5. The number of aromatic nitrogens is 2. The van der Waals surface area contributed by atoms with E-state index in [0.717, 1.165) is 11.1 Å². The van der Waals surface area contributed by atoms with Crippen LogP contribution in [-0.4, -0.2) is 15.5 Å². The molecule has 0 aliphatic rings. The fourth-order valence-electron chi connectivity index (χ4n) is 2.72. The first kappa shape index (κ1) is 18.4. The van der Waals surface area contributed by atoms with Gasteiger partial charge in [-0.2, -0.15) is 0 Å². The van der Waals surface area contributed by atoms with Gasteiger partial charge in [-0.05, 0) is 42.4 Å². The molecule has 3 aromatic rings. The number of halogens is 1. The molecule has 0 unspecified atom stereocenters. The molecule has 0 bridgehead atoms. The van der Waals surface area contributed by atoms with E-state index in [1.165, 1.54) is 4.57 Å². The van der Waals surface area contributed by atoms with E-state index in [-0.39, 0.29) is 11.5 Å². The lowest BCUT2D eigenvalue weighted by atomic mass is 10.2. The zero-order valence-corrected chi connectivity index (χ0v) is 15.6. The van der Waals surface area contributed by atoms with Crippen molar-refractivity contribution in [1.82, 2.24) is 14.9 Å². The molecule has 0 atom stereocenters. The number of para-hydroxylation sites is 1. The van der Waals surface area contributed by atoms with Crippen molar-refractivity contribution in [1.29, 1.82) is 0 Å². The summed E-state index contributed by atoms with van der Waals surface area (Å²) in [6.45, 7) is 0.771. The normalized spacial score (nSPS) is 10.8. The largest absolute Gasteiger partial charge is 0.352 e. The molecule has 0 saturated carbocycles. The van der Waals surface area contributed by atoms with E-state index in [1.807, 2.05) is 36.4 Å². The third-order valence-electron chi connectivity index (χ3n) is 4.11. The van der Waals surface area contributed by atoms with Crippen LogP contribution in [0, 0.1) is 4.77 Å². The molecule has 0 aliphatic heterocycles. The fraction of sp³-hybridized carbons (Fsp3) is 0.211. The van der Waals surface area contributed by atoms with Gasteiger partial charge < -0.3 is 10.3 Å². The van der Waals surface area contributed by atoms with Gasteiger partial charge in [0.25, 0.3) is 5.56 Å². The Morgan fingerprint density at radius 3 is 2.69 bits per heavy atom. The molecule has 5 nitrogen and oxygen atoms in total. The first-order valence-electron chi connectivity index (χ1n) is 8.28. The van der Waals surface area contributed by atoms with E-state index in [2.05, 4.69) is 10.3 Å². The van der Waals surface area contributed by atoms with Crippen LogP contribution in [0.3, 0.4) is 0 Å². The number of carbonyl (C=O) groups is 1. The molecule has 26 heavy (non-hydrogen) atoms. The van der Waals surface area contributed by atoms with Gasteiger partial charge in [0.15, 0.2) is 4.77 Å². The van der Waals surface area contributed by atoms with Crippen LogP contribution < -0.4 is 10.9 Å². The average Bonchev–Trinajstić information content (AvgIpc) is 2.64. The molecule has 0 aliphatic carbocycles. The van der Waals surface area contributed by atoms with Crippen molar-refractivity contribution in [3.63, 3.8) is 0 Å². The minimum atomic E-state index is -0.138. The maximum atomic E-state index is 12.5. The predicted molar refractivity (Wildman–Crippen MR) is 106 cm³/mol. The van der Waals surface area contributed by atoms with E-state index < -0.39 is 0 Å². The summed E-state index contributed by atoms with van der Waals surface area (Å²) in [5, 5.41) is 4.05. The van der Waals surface area contributed by atoms with Gasteiger partial charge in [0.1, 0.15) is 0 Å². The first-order valence-corrected chi connectivity index (χ1v) is 9.07. The van der Waals surface area contributed by atoms with Gasteiger partial charge in [0, 0.05) is 24.5 Å². The average molecular weight is 388 g/mol. The Morgan fingerprint density at radius 1 is 1.15 bits per heavy atom. The second-order valence-corrected chi connectivity index (χ2v) is 6.70. The van der Waals surface area contributed by atoms with Crippen LogP contribution in [-0.2, 0) is 17.9 Å². The van der Waals surface area contributed by atoms with Crippen LogP contribution in [0.15, 0.2) is 53.3 Å². The minimum Gasteiger partial charge on any atom is -0.352 e. The number of amides is 1. The van der Waals surface area contributed by atoms with Crippen molar-refractivity contribution in [2.75, 3.05) is 0 Å². The molecule has 3 rings (SSSR count). The summed E-state index contributed by atoms with van der Waals surface area (Å²) in [4.78, 5) is 27.6. The van der Waals surface area contributed by atoms with Gasteiger partial charge in [0.2, 0.25) is 5.91 Å². The van der Waals surface area contributed by atoms with Crippen molar-refractivity contribution in [3.05, 3.63) is 74.2 Å². The van der Waals surface area contributed by atoms with E-state index in [4.69, 9.17) is 23.8 Å². The number of nitrogens with one attached hydrogen (secondary N) is 2. The van der Waals surface area contributed by atoms with Gasteiger partial charge in [-0.15, -0.1) is 0 Å². The molecule has 1 heterocycles. The third-order valence-corrected chi connectivity index (χ3v) is 4.80. The zero-order chi connectivity index (χ0) is 18.5. The number of carbonyl (C=O) groups excluding carboxylic acids is 1. The Kier molecular flexibility index (Phi) is 5.85. The van der Waals surface area contributed by atoms with Crippen LogP contribution in [0.5, 0.6) is 0 Å². The lowest BCUT2D eigenvalue weighted by Crippen LogP contribution is -2.25. The van der Waals surface area contributed by atoms with Crippen LogP contribution in [0.1, 0.15) is 18.4 Å². The number of rotatable bonds is 6. The summed E-state index contributed by atoms with van der Waals surface area (Å²) in [7, 11) is 0. The minimum absolute atomic E-state index is 0.0892. The van der Waals surface area contributed by atoms with Crippen molar-refractivity contribution in [2.24, 2.45) is 0 Å². The van der Waals surface area contributed by atoms with Crippen LogP contribution >= 0.6 is 23.8 Å². The van der Waals surface area contributed by atoms with E-state index in [1.54, 1.807) is 12.1 Å². The van der Waals surface area contributed by atoms with E-state index in [9.17, 15) is 9.59 Å². The maximum absolute atomic E-state index is 12.5. The van der Waals surface area contributed by atoms with Gasteiger partial charge in [-0.25, -0.2) is 0 Å².